The van der Waals surface area contributed by atoms with Crippen LogP contribution in [0.4, 0.5) is 0 Å². The Balaban J connectivity index is 1.76. The molecule has 3 rings (SSSR count). The van der Waals surface area contributed by atoms with Gasteiger partial charge in [0.05, 0.1) is 13.7 Å². The van der Waals surface area contributed by atoms with Crippen LogP contribution in [-0.4, -0.2) is 41.6 Å². The Morgan fingerprint density at radius 2 is 2.03 bits per heavy atom. The number of rotatable bonds is 8. The number of amides is 2. The Bertz CT molecular complexity index is 840. The molecule has 0 bridgehead atoms. The van der Waals surface area contributed by atoms with Crippen LogP contribution in [0, 0.1) is 5.92 Å². The first-order valence-corrected chi connectivity index (χ1v) is 10.2. The smallest absolute Gasteiger partial charge is 0.273 e. The highest BCUT2D eigenvalue weighted by molar-refractivity contribution is 5.95. The van der Waals surface area contributed by atoms with Crippen molar-refractivity contribution < 1.29 is 18.8 Å². The molecule has 0 saturated heterocycles. The molecule has 1 aliphatic rings. The molecule has 1 aromatic carbocycles. The molecule has 1 heterocycles. The van der Waals surface area contributed by atoms with E-state index in [2.05, 4.69) is 10.5 Å². The highest BCUT2D eigenvalue weighted by Crippen LogP contribution is 2.27. The molecular formula is C22H29N3O4. The first-order chi connectivity index (χ1) is 14.0. The Morgan fingerprint density at radius 3 is 2.72 bits per heavy atom. The first kappa shape index (κ1) is 20.9. The normalized spacial score (nSPS) is 14.2. The van der Waals surface area contributed by atoms with Gasteiger partial charge in [-0.3, -0.25) is 9.59 Å². The maximum Gasteiger partial charge on any atom is 0.273 e. The number of nitrogens with zero attached hydrogens (tertiary/aromatic N) is 2. The Hall–Kier alpha value is -2.83. The topological polar surface area (TPSA) is 84.7 Å². The molecular weight excluding hydrogens is 370 g/mol. The zero-order valence-electron chi connectivity index (χ0n) is 17.3. The third-order valence-electron chi connectivity index (χ3n) is 5.13. The van der Waals surface area contributed by atoms with Gasteiger partial charge < -0.3 is 19.5 Å². The number of hydrogen-bond acceptors (Lipinski definition) is 5. The predicted molar refractivity (Wildman–Crippen MR) is 109 cm³/mol. The van der Waals surface area contributed by atoms with Crippen molar-refractivity contribution in [2.45, 2.75) is 52.1 Å². The zero-order valence-corrected chi connectivity index (χ0v) is 17.3. The summed E-state index contributed by atoms with van der Waals surface area (Å²) in [7, 11) is 1.58. The van der Waals surface area contributed by atoms with E-state index in [9.17, 15) is 9.59 Å². The van der Waals surface area contributed by atoms with E-state index in [4.69, 9.17) is 9.26 Å². The second-order valence-corrected chi connectivity index (χ2v) is 7.89. The maximum absolute atomic E-state index is 13.3. The minimum Gasteiger partial charge on any atom is -0.497 e. The van der Waals surface area contributed by atoms with E-state index in [1.807, 2.05) is 30.9 Å². The average molecular weight is 399 g/mol. The molecule has 1 aliphatic carbocycles. The molecule has 1 aromatic heterocycles. The number of carbonyl (C=O) groups is 2. The van der Waals surface area contributed by atoms with Crippen molar-refractivity contribution in [2.24, 2.45) is 5.92 Å². The van der Waals surface area contributed by atoms with E-state index in [-0.39, 0.29) is 30.1 Å². The monoisotopic (exact) mass is 399 g/mol. The van der Waals surface area contributed by atoms with Gasteiger partial charge in [-0.15, -0.1) is 0 Å². The van der Waals surface area contributed by atoms with Crippen molar-refractivity contribution in [3.63, 3.8) is 0 Å². The fraction of sp³-hybridized carbons (Fsp3) is 0.500. The van der Waals surface area contributed by atoms with Crippen LogP contribution >= 0.6 is 0 Å². The number of benzene rings is 1. The Kier molecular flexibility index (Phi) is 6.90. The largest absolute Gasteiger partial charge is 0.497 e. The van der Waals surface area contributed by atoms with E-state index in [0.717, 1.165) is 25.7 Å². The molecule has 0 unspecified atom stereocenters. The molecule has 1 fully saturated rings. The molecule has 2 aromatic rings. The van der Waals surface area contributed by atoms with Gasteiger partial charge in [-0.2, -0.15) is 0 Å². The van der Waals surface area contributed by atoms with Crippen LogP contribution in [0.25, 0.3) is 0 Å². The molecule has 1 saturated carbocycles. The molecule has 0 spiro atoms. The number of aromatic nitrogens is 1. The fourth-order valence-electron chi connectivity index (χ4n) is 3.55. The molecule has 156 valence electrons. The van der Waals surface area contributed by atoms with Gasteiger partial charge in [0.15, 0.2) is 11.5 Å². The van der Waals surface area contributed by atoms with Crippen LogP contribution in [0.15, 0.2) is 34.9 Å². The second-order valence-electron chi connectivity index (χ2n) is 7.89. The lowest BCUT2D eigenvalue weighted by atomic mass is 10.1. The summed E-state index contributed by atoms with van der Waals surface area (Å²) in [5.74, 6) is 1.16. The standard InChI is InChI=1S/C22H29N3O4/c1-15(2)13-23-21(26)20-12-19(29-24-20)14-25(17-8-4-5-9-17)22(27)16-7-6-10-18(11-16)28-3/h6-7,10-12,15,17H,4-5,8-9,13-14H2,1-3H3,(H,23,26). The zero-order chi connectivity index (χ0) is 20.8. The lowest BCUT2D eigenvalue weighted by Crippen LogP contribution is -2.38. The van der Waals surface area contributed by atoms with E-state index in [1.165, 1.54) is 0 Å². The van der Waals surface area contributed by atoms with Gasteiger partial charge in [-0.1, -0.05) is 37.9 Å². The summed E-state index contributed by atoms with van der Waals surface area (Å²) >= 11 is 0. The van der Waals surface area contributed by atoms with Crippen molar-refractivity contribution in [1.82, 2.24) is 15.4 Å². The third-order valence-corrected chi connectivity index (χ3v) is 5.13. The number of methoxy groups -OCH3 is 1. The van der Waals surface area contributed by atoms with Gasteiger partial charge in [0, 0.05) is 24.2 Å². The molecule has 7 nitrogen and oxygen atoms in total. The van der Waals surface area contributed by atoms with Crippen LogP contribution < -0.4 is 10.1 Å². The molecule has 7 heteroatoms. The maximum atomic E-state index is 13.3. The van der Waals surface area contributed by atoms with Crippen LogP contribution in [0.1, 0.15) is 66.1 Å². The Labute approximate surface area is 171 Å². The third kappa shape index (κ3) is 5.37. The lowest BCUT2D eigenvalue weighted by molar-refractivity contribution is 0.0643. The van der Waals surface area contributed by atoms with Crippen LogP contribution in [0.2, 0.25) is 0 Å². The molecule has 0 aliphatic heterocycles. The van der Waals surface area contributed by atoms with Gasteiger partial charge in [-0.25, -0.2) is 0 Å². The fourth-order valence-corrected chi connectivity index (χ4v) is 3.55. The SMILES string of the molecule is COc1cccc(C(=O)N(Cc2cc(C(=O)NCC(C)C)no2)C2CCCC2)c1. The first-order valence-electron chi connectivity index (χ1n) is 10.2. The lowest BCUT2D eigenvalue weighted by Gasteiger charge is -2.28. The summed E-state index contributed by atoms with van der Waals surface area (Å²) < 4.78 is 10.6. The average Bonchev–Trinajstić information content (AvgIpc) is 3.42. The van der Waals surface area contributed by atoms with Crippen LogP contribution in [0.3, 0.4) is 0 Å². The summed E-state index contributed by atoms with van der Waals surface area (Å²) in [6.45, 7) is 4.91. The van der Waals surface area contributed by atoms with Crippen molar-refractivity contribution in [1.29, 1.82) is 0 Å². The highest BCUT2D eigenvalue weighted by Gasteiger charge is 2.29. The Morgan fingerprint density at radius 1 is 1.28 bits per heavy atom. The van der Waals surface area contributed by atoms with Gasteiger partial charge in [-0.05, 0) is 37.0 Å². The minimum absolute atomic E-state index is 0.0713. The summed E-state index contributed by atoms with van der Waals surface area (Å²) in [4.78, 5) is 27.3. The predicted octanol–water partition coefficient (Wildman–Crippen LogP) is 3.65. The quantitative estimate of drug-likeness (QED) is 0.732. The number of nitrogens with one attached hydrogen (secondary N) is 1. The number of ether oxygens (including phenoxy) is 1. The molecule has 29 heavy (non-hydrogen) atoms. The second kappa shape index (κ2) is 9.58. The van der Waals surface area contributed by atoms with E-state index < -0.39 is 0 Å². The summed E-state index contributed by atoms with van der Waals surface area (Å²) in [5.41, 5.74) is 0.812. The molecule has 0 atom stereocenters. The van der Waals surface area contributed by atoms with Crippen molar-refractivity contribution in [3.8, 4) is 5.75 Å². The minimum atomic E-state index is -0.264. The van der Waals surface area contributed by atoms with Gasteiger partial charge in [0.1, 0.15) is 5.75 Å². The summed E-state index contributed by atoms with van der Waals surface area (Å²) in [6.07, 6.45) is 4.13. The van der Waals surface area contributed by atoms with Gasteiger partial charge >= 0.3 is 0 Å². The molecule has 2 amide bonds. The van der Waals surface area contributed by atoms with Crippen LogP contribution in [0.5, 0.6) is 5.75 Å². The van der Waals surface area contributed by atoms with Crippen molar-refractivity contribution in [2.75, 3.05) is 13.7 Å². The van der Waals surface area contributed by atoms with Crippen molar-refractivity contribution >= 4 is 11.8 Å². The number of hydrogen-bond donors (Lipinski definition) is 1. The van der Waals surface area contributed by atoms with E-state index in [0.29, 0.717) is 29.5 Å². The summed E-state index contributed by atoms with van der Waals surface area (Å²) in [5, 5.41) is 6.71. The summed E-state index contributed by atoms with van der Waals surface area (Å²) in [6, 6.07) is 8.93. The number of carbonyl (C=O) groups excluding carboxylic acids is 2. The molecule has 0 radical (unpaired) electrons. The highest BCUT2D eigenvalue weighted by atomic mass is 16.5. The van der Waals surface area contributed by atoms with E-state index >= 15 is 0 Å². The van der Waals surface area contributed by atoms with Gasteiger partial charge in [0.2, 0.25) is 0 Å². The van der Waals surface area contributed by atoms with Crippen LogP contribution in [-0.2, 0) is 6.54 Å². The van der Waals surface area contributed by atoms with E-state index in [1.54, 1.807) is 25.3 Å². The van der Waals surface area contributed by atoms with Crippen molar-refractivity contribution in [3.05, 3.63) is 47.3 Å². The van der Waals surface area contributed by atoms with Gasteiger partial charge in [0.25, 0.3) is 11.8 Å². The molecule has 1 N–H and O–H groups in total.